The Kier molecular flexibility index (Phi) is 6.09. The standard InChI is InChI=1S/C23H27N5O4/c1-16(2)27-13-18(22(30)26-11-9-25(10-12-26)20(29)15-32-3)21-19(14-27)23(31)28(24-21)17-7-5-4-6-8-17/h4-8,13-14,16H,9-12,15H2,1-3H3. The highest BCUT2D eigenvalue weighted by molar-refractivity contribution is 6.00. The summed E-state index contributed by atoms with van der Waals surface area (Å²) in [5, 5.41) is 4.53. The van der Waals surface area contributed by atoms with Gasteiger partial charge in [-0.15, -0.1) is 0 Å². The van der Waals surface area contributed by atoms with Crippen LogP contribution in [-0.4, -0.2) is 75.9 Å². The molecule has 0 atom stereocenters. The molecule has 0 N–H and O–H groups in total. The SMILES string of the molecule is COCC(=O)N1CCN(C(=O)c2cn(C(C)C)cc3c(=O)n(-c4ccccc4)nc2-3)CC1. The highest BCUT2D eigenvalue weighted by Crippen LogP contribution is 2.25. The molecule has 0 unspecified atom stereocenters. The predicted octanol–water partition coefficient (Wildman–Crippen LogP) is 1.65. The van der Waals surface area contributed by atoms with E-state index >= 15 is 0 Å². The topological polar surface area (TPSA) is 89.7 Å². The molecule has 0 aliphatic carbocycles. The van der Waals surface area contributed by atoms with Crippen molar-refractivity contribution < 1.29 is 14.3 Å². The number of amides is 2. The van der Waals surface area contributed by atoms with Gasteiger partial charge in [-0.3, -0.25) is 14.4 Å². The zero-order chi connectivity index (χ0) is 22.8. The number of carbonyl (C=O) groups excluding carboxylic acids is 2. The van der Waals surface area contributed by atoms with Gasteiger partial charge in [-0.25, -0.2) is 0 Å². The van der Waals surface area contributed by atoms with Crippen molar-refractivity contribution in [3.05, 3.63) is 58.6 Å². The number of nitrogens with zero attached hydrogens (tertiary/aromatic N) is 5. The maximum absolute atomic E-state index is 13.5. The first-order valence-corrected chi connectivity index (χ1v) is 10.7. The molecule has 1 aromatic carbocycles. The smallest absolute Gasteiger partial charge is 0.282 e. The van der Waals surface area contributed by atoms with E-state index in [1.54, 1.807) is 22.2 Å². The van der Waals surface area contributed by atoms with Gasteiger partial charge >= 0.3 is 0 Å². The van der Waals surface area contributed by atoms with Gasteiger partial charge in [0.2, 0.25) is 5.91 Å². The Labute approximate surface area is 186 Å². The van der Waals surface area contributed by atoms with Crippen LogP contribution < -0.4 is 5.56 Å². The first-order valence-electron chi connectivity index (χ1n) is 10.7. The van der Waals surface area contributed by atoms with Crippen LogP contribution in [0.4, 0.5) is 0 Å². The van der Waals surface area contributed by atoms with Crippen LogP contribution in [0.3, 0.4) is 0 Å². The zero-order valence-electron chi connectivity index (χ0n) is 18.5. The Morgan fingerprint density at radius 3 is 2.31 bits per heavy atom. The Morgan fingerprint density at radius 2 is 1.69 bits per heavy atom. The number of para-hydroxylation sites is 1. The number of rotatable bonds is 5. The molecule has 0 bridgehead atoms. The van der Waals surface area contributed by atoms with Gasteiger partial charge in [-0.05, 0) is 26.0 Å². The van der Waals surface area contributed by atoms with Crippen molar-refractivity contribution >= 4 is 11.8 Å². The molecule has 2 amide bonds. The fraction of sp³-hybridized carbons (Fsp3) is 0.391. The minimum atomic E-state index is -0.259. The van der Waals surface area contributed by atoms with Crippen LogP contribution in [0.2, 0.25) is 0 Å². The maximum atomic E-state index is 13.5. The first kappa shape index (κ1) is 21.8. The zero-order valence-corrected chi connectivity index (χ0v) is 18.5. The molecule has 1 aromatic rings. The molecule has 1 fully saturated rings. The van der Waals surface area contributed by atoms with E-state index < -0.39 is 0 Å². The number of carbonyl (C=O) groups is 2. The minimum Gasteiger partial charge on any atom is -0.375 e. The lowest BCUT2D eigenvalue weighted by Crippen LogP contribution is -2.51. The molecule has 4 rings (SSSR count). The van der Waals surface area contributed by atoms with E-state index in [1.165, 1.54) is 11.8 Å². The number of fused-ring (bicyclic) bond motifs is 1. The van der Waals surface area contributed by atoms with Crippen LogP contribution in [0.15, 0.2) is 47.5 Å². The highest BCUT2D eigenvalue weighted by atomic mass is 16.5. The summed E-state index contributed by atoms with van der Waals surface area (Å²) in [6.45, 7) is 5.73. The molecule has 9 nitrogen and oxygen atoms in total. The third-order valence-corrected chi connectivity index (χ3v) is 5.70. The lowest BCUT2D eigenvalue weighted by atomic mass is 10.1. The second kappa shape index (κ2) is 8.96. The number of pyridine rings is 1. The van der Waals surface area contributed by atoms with Gasteiger partial charge in [0, 0.05) is 51.7 Å². The summed E-state index contributed by atoms with van der Waals surface area (Å²) in [5.74, 6) is -0.279. The first-order chi connectivity index (χ1) is 15.4. The Bertz CT molecular complexity index is 1140. The van der Waals surface area contributed by atoms with Crippen LogP contribution in [0, 0.1) is 0 Å². The van der Waals surface area contributed by atoms with Gasteiger partial charge in [-0.1, -0.05) is 18.2 Å². The fourth-order valence-corrected chi connectivity index (χ4v) is 3.87. The number of methoxy groups -OCH3 is 1. The summed E-state index contributed by atoms with van der Waals surface area (Å²) >= 11 is 0. The van der Waals surface area contributed by atoms with E-state index in [-0.39, 0.29) is 30.0 Å². The quantitative estimate of drug-likeness (QED) is 0.606. The van der Waals surface area contributed by atoms with Crippen molar-refractivity contribution in [3.8, 4) is 16.9 Å². The molecule has 9 heteroatoms. The number of piperazine rings is 1. The summed E-state index contributed by atoms with van der Waals surface area (Å²) in [6, 6.07) is 9.23. The second-order valence-electron chi connectivity index (χ2n) is 8.13. The average molecular weight is 438 g/mol. The van der Waals surface area contributed by atoms with Crippen LogP contribution >= 0.6 is 0 Å². The molecule has 0 aromatic heterocycles. The van der Waals surface area contributed by atoms with E-state index in [0.29, 0.717) is 48.7 Å². The normalized spacial score (nSPS) is 14.4. The molecule has 0 radical (unpaired) electrons. The van der Waals surface area contributed by atoms with Crippen molar-refractivity contribution in [2.75, 3.05) is 39.9 Å². The fourth-order valence-electron chi connectivity index (χ4n) is 3.87. The minimum absolute atomic E-state index is 0.0326. The lowest BCUT2D eigenvalue weighted by molar-refractivity contribution is -0.136. The molecule has 0 saturated carbocycles. The summed E-state index contributed by atoms with van der Waals surface area (Å²) < 4.78 is 8.13. The van der Waals surface area contributed by atoms with Crippen molar-refractivity contribution in [2.24, 2.45) is 0 Å². The molecular weight excluding hydrogens is 410 g/mol. The molecule has 32 heavy (non-hydrogen) atoms. The monoisotopic (exact) mass is 437 g/mol. The summed E-state index contributed by atoms with van der Waals surface area (Å²) in [7, 11) is 1.49. The molecule has 168 valence electrons. The predicted molar refractivity (Wildman–Crippen MR) is 119 cm³/mol. The third-order valence-electron chi connectivity index (χ3n) is 5.70. The van der Waals surface area contributed by atoms with E-state index in [2.05, 4.69) is 5.10 Å². The maximum Gasteiger partial charge on any atom is 0.282 e. The molecule has 0 spiro atoms. The van der Waals surface area contributed by atoms with Crippen LogP contribution in [-0.2, 0) is 9.53 Å². The largest absolute Gasteiger partial charge is 0.375 e. The summed E-state index contributed by atoms with van der Waals surface area (Å²) in [6.07, 6.45) is 3.52. The van der Waals surface area contributed by atoms with E-state index in [0.717, 1.165) is 0 Å². The Hall–Kier alpha value is -3.46. The van der Waals surface area contributed by atoms with Crippen molar-refractivity contribution in [1.82, 2.24) is 24.1 Å². The molecule has 1 saturated heterocycles. The van der Waals surface area contributed by atoms with Gasteiger partial charge in [-0.2, -0.15) is 9.78 Å². The van der Waals surface area contributed by atoms with Crippen LogP contribution in [0.25, 0.3) is 16.9 Å². The van der Waals surface area contributed by atoms with Crippen molar-refractivity contribution in [1.29, 1.82) is 0 Å². The molecular formula is C23H27N5O4. The second-order valence-corrected chi connectivity index (χ2v) is 8.13. The van der Waals surface area contributed by atoms with Crippen molar-refractivity contribution in [2.45, 2.75) is 19.9 Å². The number of aromatic nitrogens is 3. The van der Waals surface area contributed by atoms with Crippen LogP contribution in [0.1, 0.15) is 30.2 Å². The van der Waals surface area contributed by atoms with Gasteiger partial charge in [0.25, 0.3) is 11.5 Å². The summed E-state index contributed by atoms with van der Waals surface area (Å²) in [4.78, 5) is 42.1. The van der Waals surface area contributed by atoms with E-state index in [1.807, 2.05) is 48.7 Å². The number of benzene rings is 1. The van der Waals surface area contributed by atoms with Gasteiger partial charge in [0.05, 0.1) is 16.8 Å². The Balaban J connectivity index is 1.69. The third kappa shape index (κ3) is 4.03. The highest BCUT2D eigenvalue weighted by Gasteiger charge is 2.30. The number of hydrogen-bond donors (Lipinski definition) is 0. The lowest BCUT2D eigenvalue weighted by Gasteiger charge is -2.35. The Morgan fingerprint density at radius 1 is 1.03 bits per heavy atom. The van der Waals surface area contributed by atoms with Gasteiger partial charge in [0.15, 0.2) is 0 Å². The molecule has 3 aliphatic rings. The average Bonchev–Trinajstić information content (AvgIpc) is 3.15. The van der Waals surface area contributed by atoms with E-state index in [4.69, 9.17) is 4.74 Å². The molecule has 3 heterocycles. The number of hydrogen-bond acceptors (Lipinski definition) is 5. The summed E-state index contributed by atoms with van der Waals surface area (Å²) in [5.41, 5.74) is 1.57. The van der Waals surface area contributed by atoms with Crippen molar-refractivity contribution in [3.63, 3.8) is 0 Å². The van der Waals surface area contributed by atoms with Gasteiger partial charge in [0.1, 0.15) is 12.3 Å². The van der Waals surface area contributed by atoms with Crippen LogP contribution in [0.5, 0.6) is 0 Å². The molecule has 3 aliphatic heterocycles. The number of ether oxygens (including phenoxy) is 1. The van der Waals surface area contributed by atoms with Gasteiger partial charge < -0.3 is 19.1 Å². The van der Waals surface area contributed by atoms with E-state index in [9.17, 15) is 14.4 Å².